The third kappa shape index (κ3) is 9.86. The third-order valence-corrected chi connectivity index (χ3v) is 2.52. The number of carboxylic acid groups (broad SMARTS) is 1. The van der Waals surface area contributed by atoms with E-state index in [0.717, 1.165) is 40.5 Å². The number of aliphatic carboxylic acids is 1. The maximum atomic E-state index is 10.1. The van der Waals surface area contributed by atoms with Gasteiger partial charge in [-0.15, -0.1) is 0 Å². The Morgan fingerprint density at radius 1 is 1.50 bits per heavy atom. The second-order valence-electron chi connectivity index (χ2n) is 2.49. The number of hydrogen-bond donors (Lipinski definition) is 1. The second-order valence-corrected chi connectivity index (χ2v) is 3.78. The first-order chi connectivity index (χ1) is 5.77. The molecule has 0 radical (unpaired) electrons. The summed E-state index contributed by atoms with van der Waals surface area (Å²) in [5.41, 5.74) is 0. The minimum absolute atomic E-state index is 0.305. The van der Waals surface area contributed by atoms with E-state index < -0.39 is 5.97 Å². The molecule has 0 saturated heterocycles. The highest BCUT2D eigenvalue weighted by molar-refractivity contribution is 7.37. The minimum Gasteiger partial charge on any atom is -0.481 e. The van der Waals surface area contributed by atoms with Crippen molar-refractivity contribution in [3.8, 4) is 0 Å². The summed E-state index contributed by atoms with van der Waals surface area (Å²) in [6.07, 6.45) is 4.06. The van der Waals surface area contributed by atoms with E-state index in [9.17, 15) is 4.79 Å². The molecule has 0 fully saturated rings. The van der Waals surface area contributed by atoms with Crippen LogP contribution >= 0.6 is 8.58 Å². The van der Waals surface area contributed by atoms with Crippen LogP contribution in [0.25, 0.3) is 0 Å². The van der Waals surface area contributed by atoms with Gasteiger partial charge in [-0.25, -0.2) is 0 Å². The number of carboxylic acids is 1. The standard InChI is InChI=1S/C8H17O3P/c1-2-11-7-12-6-4-3-5-8(9)10/h12H,2-7H2,1H3,(H,9,10). The fraction of sp³-hybridized carbons (Fsp3) is 0.875. The van der Waals surface area contributed by atoms with Gasteiger partial charge >= 0.3 is 5.97 Å². The van der Waals surface area contributed by atoms with Gasteiger partial charge in [0.05, 0.1) is 6.35 Å². The van der Waals surface area contributed by atoms with Crippen LogP contribution in [0.5, 0.6) is 0 Å². The first-order valence-electron chi connectivity index (χ1n) is 4.27. The number of ether oxygens (including phenoxy) is 1. The average molecular weight is 192 g/mol. The normalized spacial score (nSPS) is 11.1. The Hall–Kier alpha value is -0.140. The molecular weight excluding hydrogens is 175 g/mol. The van der Waals surface area contributed by atoms with Crippen LogP contribution in [0.4, 0.5) is 0 Å². The van der Waals surface area contributed by atoms with Gasteiger partial charge in [-0.1, -0.05) is 8.58 Å². The minimum atomic E-state index is -0.692. The SMILES string of the molecule is CCOCPCCCCC(=O)O. The lowest BCUT2D eigenvalue weighted by Crippen LogP contribution is -1.94. The van der Waals surface area contributed by atoms with E-state index in [1.54, 1.807) is 0 Å². The van der Waals surface area contributed by atoms with Gasteiger partial charge in [0.1, 0.15) is 0 Å². The summed E-state index contributed by atoms with van der Waals surface area (Å²) in [5.74, 6) is -0.692. The first-order valence-corrected chi connectivity index (χ1v) is 5.69. The smallest absolute Gasteiger partial charge is 0.303 e. The Labute approximate surface area is 75.3 Å². The summed E-state index contributed by atoms with van der Waals surface area (Å²) < 4.78 is 5.16. The molecule has 12 heavy (non-hydrogen) atoms. The predicted octanol–water partition coefficient (Wildman–Crippen LogP) is 1.91. The molecule has 0 bridgehead atoms. The summed E-state index contributed by atoms with van der Waals surface area (Å²) >= 11 is 0. The largest absolute Gasteiger partial charge is 0.481 e. The maximum Gasteiger partial charge on any atom is 0.303 e. The molecule has 0 aromatic carbocycles. The van der Waals surface area contributed by atoms with Gasteiger partial charge in [-0.3, -0.25) is 4.79 Å². The monoisotopic (exact) mass is 192 g/mol. The van der Waals surface area contributed by atoms with E-state index >= 15 is 0 Å². The summed E-state index contributed by atoms with van der Waals surface area (Å²) in [6.45, 7) is 2.76. The van der Waals surface area contributed by atoms with E-state index in [0.29, 0.717) is 6.42 Å². The number of hydrogen-bond acceptors (Lipinski definition) is 2. The summed E-state index contributed by atoms with van der Waals surface area (Å²) in [4.78, 5) is 10.1. The second kappa shape index (κ2) is 8.95. The van der Waals surface area contributed by atoms with Gasteiger partial charge in [-0.2, -0.15) is 0 Å². The van der Waals surface area contributed by atoms with E-state index in [1.165, 1.54) is 0 Å². The topological polar surface area (TPSA) is 46.5 Å². The average Bonchev–Trinajstić information content (AvgIpc) is 2.02. The molecular formula is C8H17O3P. The molecule has 0 heterocycles. The van der Waals surface area contributed by atoms with Crippen molar-refractivity contribution in [2.45, 2.75) is 26.2 Å². The van der Waals surface area contributed by atoms with Crippen molar-refractivity contribution in [3.63, 3.8) is 0 Å². The van der Waals surface area contributed by atoms with Crippen molar-refractivity contribution < 1.29 is 14.6 Å². The molecule has 0 rings (SSSR count). The Balaban J connectivity index is 2.86. The van der Waals surface area contributed by atoms with Crippen molar-refractivity contribution in [2.75, 3.05) is 19.1 Å². The molecule has 0 aliphatic carbocycles. The Bertz CT molecular complexity index is 117. The van der Waals surface area contributed by atoms with Crippen LogP contribution in [0.15, 0.2) is 0 Å². The Morgan fingerprint density at radius 2 is 2.25 bits per heavy atom. The van der Waals surface area contributed by atoms with Crippen LogP contribution in [-0.2, 0) is 9.53 Å². The van der Waals surface area contributed by atoms with E-state index in [4.69, 9.17) is 9.84 Å². The number of carbonyl (C=O) groups is 1. The highest BCUT2D eigenvalue weighted by atomic mass is 31.1. The van der Waals surface area contributed by atoms with Gasteiger partial charge in [-0.05, 0) is 25.9 Å². The zero-order valence-electron chi connectivity index (χ0n) is 7.51. The number of unbranched alkanes of at least 4 members (excludes halogenated alkanes) is 1. The van der Waals surface area contributed by atoms with Crippen molar-refractivity contribution in [3.05, 3.63) is 0 Å². The van der Waals surface area contributed by atoms with Gasteiger partial charge in [0.2, 0.25) is 0 Å². The summed E-state index contributed by atoms with van der Waals surface area (Å²) in [6, 6.07) is 0. The Kier molecular flexibility index (Phi) is 8.85. The highest BCUT2D eigenvalue weighted by Crippen LogP contribution is 2.13. The molecule has 0 amide bonds. The van der Waals surface area contributed by atoms with Crippen LogP contribution in [0, 0.1) is 0 Å². The number of rotatable bonds is 8. The molecule has 0 spiro atoms. The van der Waals surface area contributed by atoms with Gasteiger partial charge in [0.25, 0.3) is 0 Å². The van der Waals surface area contributed by atoms with E-state index in [1.807, 2.05) is 6.92 Å². The van der Waals surface area contributed by atoms with Crippen molar-refractivity contribution in [1.29, 1.82) is 0 Å². The lowest BCUT2D eigenvalue weighted by molar-refractivity contribution is -0.137. The Morgan fingerprint density at radius 3 is 2.83 bits per heavy atom. The zero-order valence-corrected chi connectivity index (χ0v) is 8.51. The third-order valence-electron chi connectivity index (χ3n) is 1.40. The van der Waals surface area contributed by atoms with E-state index in [-0.39, 0.29) is 0 Å². The van der Waals surface area contributed by atoms with Gasteiger partial charge in [0.15, 0.2) is 0 Å². The van der Waals surface area contributed by atoms with Crippen molar-refractivity contribution >= 4 is 14.6 Å². The molecule has 72 valence electrons. The molecule has 0 aliphatic rings. The fourth-order valence-electron chi connectivity index (χ4n) is 0.773. The molecule has 0 saturated carbocycles. The molecule has 0 aromatic rings. The molecule has 0 aromatic heterocycles. The van der Waals surface area contributed by atoms with Crippen molar-refractivity contribution in [1.82, 2.24) is 0 Å². The maximum absolute atomic E-state index is 10.1. The van der Waals surface area contributed by atoms with Crippen LogP contribution in [0.3, 0.4) is 0 Å². The van der Waals surface area contributed by atoms with Crippen molar-refractivity contribution in [2.24, 2.45) is 0 Å². The predicted molar refractivity (Wildman–Crippen MR) is 51.2 cm³/mol. The molecule has 1 unspecified atom stereocenters. The van der Waals surface area contributed by atoms with Crippen LogP contribution in [0.2, 0.25) is 0 Å². The summed E-state index contributed by atoms with van der Waals surface area (Å²) in [7, 11) is 0.827. The molecule has 3 nitrogen and oxygen atoms in total. The lowest BCUT2D eigenvalue weighted by Gasteiger charge is -2.00. The molecule has 1 N–H and O–H groups in total. The highest BCUT2D eigenvalue weighted by Gasteiger charge is 1.95. The molecule has 0 aliphatic heterocycles. The van der Waals surface area contributed by atoms with Crippen LogP contribution < -0.4 is 0 Å². The first kappa shape index (κ1) is 11.9. The molecule has 1 atom stereocenters. The van der Waals surface area contributed by atoms with Gasteiger partial charge in [0, 0.05) is 13.0 Å². The van der Waals surface area contributed by atoms with Crippen LogP contribution in [0.1, 0.15) is 26.2 Å². The van der Waals surface area contributed by atoms with E-state index in [2.05, 4.69) is 0 Å². The zero-order chi connectivity index (χ0) is 9.23. The fourth-order valence-corrected chi connectivity index (χ4v) is 1.77. The van der Waals surface area contributed by atoms with Gasteiger partial charge < -0.3 is 9.84 Å². The quantitative estimate of drug-likeness (QED) is 0.472. The molecule has 4 heteroatoms. The van der Waals surface area contributed by atoms with Crippen LogP contribution in [-0.4, -0.2) is 30.2 Å². The lowest BCUT2D eigenvalue weighted by atomic mass is 10.2. The summed E-state index contributed by atoms with van der Waals surface area (Å²) in [5, 5.41) is 8.33.